The Morgan fingerprint density at radius 1 is 1.46 bits per heavy atom. The summed E-state index contributed by atoms with van der Waals surface area (Å²) in [5.41, 5.74) is -0.399. The summed E-state index contributed by atoms with van der Waals surface area (Å²) in [7, 11) is 2.00. The molecule has 2 aliphatic rings. The van der Waals surface area contributed by atoms with Crippen molar-refractivity contribution in [1.29, 1.82) is 0 Å². The van der Waals surface area contributed by atoms with Crippen molar-refractivity contribution in [3.05, 3.63) is 0 Å². The second-order valence-electron chi connectivity index (χ2n) is 4.18. The molecule has 2 saturated heterocycles. The van der Waals surface area contributed by atoms with Crippen molar-refractivity contribution < 1.29 is 9.59 Å². The highest BCUT2D eigenvalue weighted by Crippen LogP contribution is 2.36. The third-order valence-corrected chi connectivity index (χ3v) is 3.00. The minimum absolute atomic E-state index is 0.0657. The third kappa shape index (κ3) is 1.35. The van der Waals surface area contributed by atoms with E-state index in [4.69, 9.17) is 0 Å². The molecule has 0 saturated carbocycles. The summed E-state index contributed by atoms with van der Waals surface area (Å²) in [5, 5.41) is 2.39. The predicted octanol–water partition coefficient (Wildman–Crippen LogP) is -0.255. The maximum Gasteiger partial charge on any atom is 0.234 e. The number of amides is 2. The van der Waals surface area contributed by atoms with E-state index in [0.29, 0.717) is 6.42 Å². The van der Waals surface area contributed by atoms with E-state index in [1.54, 1.807) is 0 Å². The van der Waals surface area contributed by atoms with E-state index < -0.39 is 5.41 Å². The van der Waals surface area contributed by atoms with E-state index in [0.717, 1.165) is 25.9 Å². The van der Waals surface area contributed by atoms with Gasteiger partial charge in [0.25, 0.3) is 0 Å². The molecule has 4 nitrogen and oxygen atoms in total. The SMILES string of the molecule is CN1CCC[C@@]2(CC(=O)NC2=O)C1. The van der Waals surface area contributed by atoms with E-state index in [2.05, 4.69) is 10.2 Å². The molecule has 0 aromatic rings. The Morgan fingerprint density at radius 2 is 2.23 bits per heavy atom. The van der Waals surface area contributed by atoms with Gasteiger partial charge in [-0.3, -0.25) is 14.9 Å². The zero-order valence-corrected chi connectivity index (χ0v) is 7.80. The molecule has 72 valence electrons. The standard InChI is InChI=1S/C9H14N2O2/c1-11-4-2-3-9(6-11)5-7(12)10-8(9)13/h2-6H2,1H3,(H,10,12,13)/t9-/m1/s1. The Balaban J connectivity index is 2.19. The van der Waals surface area contributed by atoms with Gasteiger partial charge in [0, 0.05) is 13.0 Å². The van der Waals surface area contributed by atoms with Gasteiger partial charge in [0.2, 0.25) is 11.8 Å². The van der Waals surface area contributed by atoms with Crippen molar-refractivity contribution in [2.45, 2.75) is 19.3 Å². The molecule has 1 spiro atoms. The number of hydrogen-bond donors (Lipinski definition) is 1. The van der Waals surface area contributed by atoms with Crippen molar-refractivity contribution in [2.75, 3.05) is 20.1 Å². The molecule has 2 rings (SSSR count). The van der Waals surface area contributed by atoms with Crippen LogP contribution >= 0.6 is 0 Å². The molecular formula is C9H14N2O2. The molecular weight excluding hydrogens is 168 g/mol. The van der Waals surface area contributed by atoms with Crippen LogP contribution in [0.4, 0.5) is 0 Å². The number of piperidine rings is 1. The van der Waals surface area contributed by atoms with Crippen LogP contribution in [0.3, 0.4) is 0 Å². The molecule has 1 N–H and O–H groups in total. The fourth-order valence-corrected chi connectivity index (χ4v) is 2.38. The lowest BCUT2D eigenvalue weighted by Gasteiger charge is -2.35. The molecule has 0 bridgehead atoms. The van der Waals surface area contributed by atoms with Crippen LogP contribution in [0, 0.1) is 5.41 Å². The van der Waals surface area contributed by atoms with Gasteiger partial charge < -0.3 is 4.90 Å². The van der Waals surface area contributed by atoms with E-state index >= 15 is 0 Å². The van der Waals surface area contributed by atoms with Crippen molar-refractivity contribution >= 4 is 11.8 Å². The van der Waals surface area contributed by atoms with Gasteiger partial charge in [-0.2, -0.15) is 0 Å². The summed E-state index contributed by atoms with van der Waals surface area (Å²) < 4.78 is 0. The third-order valence-electron chi connectivity index (χ3n) is 3.00. The molecule has 4 heteroatoms. The molecule has 0 aromatic carbocycles. The molecule has 2 heterocycles. The lowest BCUT2D eigenvalue weighted by atomic mass is 9.78. The van der Waals surface area contributed by atoms with Gasteiger partial charge in [-0.05, 0) is 26.4 Å². The van der Waals surface area contributed by atoms with E-state index in [1.807, 2.05) is 7.05 Å². The van der Waals surface area contributed by atoms with Crippen LogP contribution in [0.5, 0.6) is 0 Å². The molecule has 13 heavy (non-hydrogen) atoms. The summed E-state index contributed by atoms with van der Waals surface area (Å²) >= 11 is 0. The molecule has 0 aliphatic carbocycles. The lowest BCUT2D eigenvalue weighted by molar-refractivity contribution is -0.130. The maximum absolute atomic E-state index is 11.5. The minimum atomic E-state index is -0.399. The first kappa shape index (κ1) is 8.69. The molecule has 0 radical (unpaired) electrons. The van der Waals surface area contributed by atoms with Gasteiger partial charge in [0.15, 0.2) is 0 Å². The fourth-order valence-electron chi connectivity index (χ4n) is 2.38. The lowest BCUT2D eigenvalue weighted by Crippen LogP contribution is -2.45. The van der Waals surface area contributed by atoms with Gasteiger partial charge in [0.05, 0.1) is 5.41 Å². The summed E-state index contributed by atoms with van der Waals surface area (Å²) in [6.45, 7) is 1.76. The fraction of sp³-hybridized carbons (Fsp3) is 0.778. The Bertz CT molecular complexity index is 264. The zero-order chi connectivity index (χ0) is 9.47. The van der Waals surface area contributed by atoms with Crippen molar-refractivity contribution in [1.82, 2.24) is 10.2 Å². The molecule has 2 amide bonds. The topological polar surface area (TPSA) is 49.4 Å². The molecule has 0 aromatic heterocycles. The number of carbonyl (C=O) groups excluding carboxylic acids is 2. The number of likely N-dealkylation sites (tertiary alicyclic amines) is 1. The van der Waals surface area contributed by atoms with E-state index in [-0.39, 0.29) is 11.8 Å². The van der Waals surface area contributed by atoms with E-state index in [1.165, 1.54) is 0 Å². The van der Waals surface area contributed by atoms with Crippen LogP contribution in [0.2, 0.25) is 0 Å². The second kappa shape index (κ2) is 2.80. The van der Waals surface area contributed by atoms with Gasteiger partial charge in [-0.1, -0.05) is 0 Å². The molecule has 2 aliphatic heterocycles. The quantitative estimate of drug-likeness (QED) is 0.525. The van der Waals surface area contributed by atoms with Crippen LogP contribution in [0.15, 0.2) is 0 Å². The predicted molar refractivity (Wildman–Crippen MR) is 46.9 cm³/mol. The summed E-state index contributed by atoms with van der Waals surface area (Å²) in [6.07, 6.45) is 2.25. The maximum atomic E-state index is 11.5. The average Bonchev–Trinajstić information content (AvgIpc) is 2.26. The minimum Gasteiger partial charge on any atom is -0.305 e. The zero-order valence-electron chi connectivity index (χ0n) is 7.80. The Kier molecular flexibility index (Phi) is 1.87. The summed E-state index contributed by atoms with van der Waals surface area (Å²) in [6, 6.07) is 0. The Morgan fingerprint density at radius 3 is 2.77 bits per heavy atom. The highest BCUT2D eigenvalue weighted by Gasteiger charge is 2.48. The van der Waals surface area contributed by atoms with Crippen LogP contribution in [0.25, 0.3) is 0 Å². The van der Waals surface area contributed by atoms with E-state index in [9.17, 15) is 9.59 Å². The summed E-state index contributed by atoms with van der Waals surface area (Å²) in [5.74, 6) is -0.177. The molecule has 1 atom stereocenters. The Labute approximate surface area is 77.3 Å². The monoisotopic (exact) mass is 182 g/mol. The molecule has 2 fully saturated rings. The highest BCUT2D eigenvalue weighted by molar-refractivity contribution is 6.06. The van der Waals surface area contributed by atoms with Crippen LogP contribution in [-0.2, 0) is 9.59 Å². The number of nitrogens with zero attached hydrogens (tertiary/aromatic N) is 1. The van der Waals surface area contributed by atoms with Gasteiger partial charge in [-0.25, -0.2) is 0 Å². The van der Waals surface area contributed by atoms with Crippen LogP contribution in [0.1, 0.15) is 19.3 Å². The number of hydrogen-bond acceptors (Lipinski definition) is 3. The number of nitrogens with one attached hydrogen (secondary N) is 1. The normalized spacial score (nSPS) is 35.5. The van der Waals surface area contributed by atoms with Crippen molar-refractivity contribution in [3.63, 3.8) is 0 Å². The molecule has 0 unspecified atom stereocenters. The number of imide groups is 1. The van der Waals surface area contributed by atoms with Crippen LogP contribution in [-0.4, -0.2) is 36.9 Å². The summed E-state index contributed by atoms with van der Waals surface area (Å²) in [4.78, 5) is 24.8. The first-order valence-electron chi connectivity index (χ1n) is 4.65. The Hall–Kier alpha value is -0.900. The van der Waals surface area contributed by atoms with Gasteiger partial charge in [-0.15, -0.1) is 0 Å². The number of carbonyl (C=O) groups is 2. The van der Waals surface area contributed by atoms with Gasteiger partial charge >= 0.3 is 0 Å². The van der Waals surface area contributed by atoms with Crippen LogP contribution < -0.4 is 5.32 Å². The van der Waals surface area contributed by atoms with Crippen molar-refractivity contribution in [2.24, 2.45) is 5.41 Å². The first-order chi connectivity index (χ1) is 6.12. The van der Waals surface area contributed by atoms with Gasteiger partial charge in [0.1, 0.15) is 0 Å². The second-order valence-corrected chi connectivity index (χ2v) is 4.18. The first-order valence-corrected chi connectivity index (χ1v) is 4.65. The highest BCUT2D eigenvalue weighted by atomic mass is 16.2. The van der Waals surface area contributed by atoms with Crippen molar-refractivity contribution in [3.8, 4) is 0 Å². The average molecular weight is 182 g/mol. The number of rotatable bonds is 0. The largest absolute Gasteiger partial charge is 0.305 e. The smallest absolute Gasteiger partial charge is 0.234 e.